The van der Waals surface area contributed by atoms with Crippen molar-refractivity contribution in [1.29, 1.82) is 0 Å². The van der Waals surface area contributed by atoms with Gasteiger partial charge in [0.15, 0.2) is 0 Å². The summed E-state index contributed by atoms with van der Waals surface area (Å²) in [6, 6.07) is 6.89. The summed E-state index contributed by atoms with van der Waals surface area (Å²) in [6.45, 7) is 0.295. The first-order chi connectivity index (χ1) is 9.10. The smallest absolute Gasteiger partial charge is 0.326 e. The van der Waals surface area contributed by atoms with E-state index < -0.39 is 12.3 Å². The van der Waals surface area contributed by atoms with E-state index >= 15 is 0 Å². The van der Waals surface area contributed by atoms with E-state index in [0.717, 1.165) is 16.2 Å². The second-order valence-corrected chi connectivity index (χ2v) is 4.31. The van der Waals surface area contributed by atoms with Crippen molar-refractivity contribution in [2.24, 2.45) is 0 Å². The average molecular weight is 264 g/mol. The summed E-state index contributed by atoms with van der Waals surface area (Å²) in [5, 5.41) is 11.5. The largest absolute Gasteiger partial charge is 0.497 e. The van der Waals surface area contributed by atoms with Gasteiger partial charge in [-0.15, -0.1) is 0 Å². The van der Waals surface area contributed by atoms with E-state index in [2.05, 4.69) is 5.32 Å². The summed E-state index contributed by atoms with van der Waals surface area (Å²) in [6.07, 6.45) is -0.578. The van der Waals surface area contributed by atoms with Gasteiger partial charge in [-0.05, 0) is 24.1 Å². The molecule has 2 rings (SSSR count). The molecule has 6 nitrogen and oxygen atoms in total. The minimum absolute atomic E-state index is 0.0750. The fourth-order valence-electron chi connectivity index (χ4n) is 1.92. The third-order valence-electron chi connectivity index (χ3n) is 2.99. The molecular formula is C13H16N2O4. The van der Waals surface area contributed by atoms with Gasteiger partial charge < -0.3 is 15.2 Å². The molecule has 0 saturated carbocycles. The number of urea groups is 1. The topological polar surface area (TPSA) is 78.9 Å². The van der Waals surface area contributed by atoms with Gasteiger partial charge in [0, 0.05) is 6.54 Å². The Bertz CT molecular complexity index is 454. The molecule has 1 heterocycles. The molecule has 1 saturated heterocycles. The Morgan fingerprint density at radius 3 is 2.63 bits per heavy atom. The number of amides is 3. The van der Waals surface area contributed by atoms with Crippen molar-refractivity contribution in [3.8, 4) is 5.75 Å². The van der Waals surface area contributed by atoms with E-state index in [0.29, 0.717) is 13.0 Å². The van der Waals surface area contributed by atoms with Crippen molar-refractivity contribution in [2.45, 2.75) is 19.1 Å². The van der Waals surface area contributed by atoms with Gasteiger partial charge in [-0.1, -0.05) is 12.1 Å². The molecule has 6 heteroatoms. The van der Waals surface area contributed by atoms with Gasteiger partial charge in [-0.25, -0.2) is 4.79 Å². The summed E-state index contributed by atoms with van der Waals surface area (Å²) in [7, 11) is 1.59. The van der Waals surface area contributed by atoms with Crippen LogP contribution in [0, 0.1) is 0 Å². The van der Waals surface area contributed by atoms with Crippen LogP contribution in [0.5, 0.6) is 5.75 Å². The maximum Gasteiger partial charge on any atom is 0.326 e. The number of carbonyl (C=O) groups excluding carboxylic acids is 2. The molecule has 1 aromatic carbocycles. The van der Waals surface area contributed by atoms with E-state index in [-0.39, 0.29) is 12.3 Å². The zero-order chi connectivity index (χ0) is 13.8. The molecule has 19 heavy (non-hydrogen) atoms. The predicted octanol–water partition coefficient (Wildman–Crippen LogP) is 0.498. The number of benzene rings is 1. The number of aliphatic hydroxyl groups is 1. The Kier molecular flexibility index (Phi) is 4.01. The van der Waals surface area contributed by atoms with Crippen LogP contribution in [0.2, 0.25) is 0 Å². The monoisotopic (exact) mass is 264 g/mol. The number of hydrogen-bond donors (Lipinski definition) is 2. The Morgan fingerprint density at radius 2 is 2.05 bits per heavy atom. The molecule has 1 aliphatic heterocycles. The molecule has 0 aliphatic carbocycles. The zero-order valence-electron chi connectivity index (χ0n) is 10.6. The first-order valence-corrected chi connectivity index (χ1v) is 6.02. The van der Waals surface area contributed by atoms with E-state index in [4.69, 9.17) is 4.74 Å². The van der Waals surface area contributed by atoms with Crippen molar-refractivity contribution < 1.29 is 19.4 Å². The van der Waals surface area contributed by atoms with E-state index in [1.165, 1.54) is 0 Å². The molecule has 1 aliphatic rings. The van der Waals surface area contributed by atoms with Gasteiger partial charge in [0.05, 0.1) is 13.5 Å². The molecule has 3 amide bonds. The molecular weight excluding hydrogens is 248 g/mol. The number of ether oxygens (including phenoxy) is 1. The first kappa shape index (κ1) is 13.4. The number of aliphatic hydroxyl groups excluding tert-OH is 1. The van der Waals surface area contributed by atoms with Crippen molar-refractivity contribution in [1.82, 2.24) is 10.2 Å². The van der Waals surface area contributed by atoms with Crippen LogP contribution in [-0.4, -0.2) is 41.8 Å². The molecule has 0 radical (unpaired) electrons. The lowest BCUT2D eigenvalue weighted by molar-refractivity contribution is -0.132. The van der Waals surface area contributed by atoms with Crippen LogP contribution in [0.3, 0.4) is 0 Å². The number of methoxy groups -OCH3 is 1. The highest BCUT2D eigenvalue weighted by molar-refractivity contribution is 5.97. The summed E-state index contributed by atoms with van der Waals surface area (Å²) < 4.78 is 5.05. The fraction of sp³-hybridized carbons (Fsp3) is 0.385. The summed E-state index contributed by atoms with van der Waals surface area (Å²) in [5.74, 6) is 0.406. The molecule has 2 N–H and O–H groups in total. The maximum absolute atomic E-state index is 11.6. The highest BCUT2D eigenvalue weighted by Crippen LogP contribution is 2.13. The van der Waals surface area contributed by atoms with Crippen LogP contribution in [0.1, 0.15) is 12.0 Å². The van der Waals surface area contributed by atoms with E-state index in [1.54, 1.807) is 7.11 Å². The van der Waals surface area contributed by atoms with Gasteiger partial charge in [0.25, 0.3) is 0 Å². The molecule has 1 aromatic rings. The van der Waals surface area contributed by atoms with E-state index in [9.17, 15) is 14.7 Å². The molecule has 0 bridgehead atoms. The molecule has 0 aromatic heterocycles. The Labute approximate surface area is 111 Å². The van der Waals surface area contributed by atoms with Crippen molar-refractivity contribution in [3.63, 3.8) is 0 Å². The number of nitrogens with zero attached hydrogens (tertiary/aromatic N) is 1. The molecule has 1 fully saturated rings. The first-order valence-electron chi connectivity index (χ1n) is 6.02. The number of nitrogens with one attached hydrogen (secondary N) is 1. The third kappa shape index (κ3) is 3.23. The standard InChI is InChI=1S/C13H16N2O4/c1-19-10-4-2-9(3-5-10)6-7-15-12(17)8-11(16)14-13(15)18/h2-5,11,16H,6-8H2,1H3,(H,14,18). The lowest BCUT2D eigenvalue weighted by Crippen LogP contribution is -2.55. The highest BCUT2D eigenvalue weighted by atomic mass is 16.5. The van der Waals surface area contributed by atoms with Gasteiger partial charge in [-0.3, -0.25) is 9.69 Å². The normalized spacial score (nSPS) is 19.3. The Hall–Kier alpha value is -2.08. The average Bonchev–Trinajstić information content (AvgIpc) is 2.38. The molecule has 1 atom stereocenters. The quantitative estimate of drug-likeness (QED) is 0.830. The van der Waals surface area contributed by atoms with Crippen LogP contribution in [-0.2, 0) is 11.2 Å². The van der Waals surface area contributed by atoms with Gasteiger partial charge in [0.1, 0.15) is 12.0 Å². The second kappa shape index (κ2) is 5.71. The molecule has 0 spiro atoms. The van der Waals surface area contributed by atoms with Gasteiger partial charge in [-0.2, -0.15) is 0 Å². The molecule has 102 valence electrons. The van der Waals surface area contributed by atoms with E-state index in [1.807, 2.05) is 24.3 Å². The minimum Gasteiger partial charge on any atom is -0.497 e. The highest BCUT2D eigenvalue weighted by Gasteiger charge is 2.30. The summed E-state index contributed by atoms with van der Waals surface area (Å²) >= 11 is 0. The number of imide groups is 1. The van der Waals surface area contributed by atoms with Crippen LogP contribution < -0.4 is 10.1 Å². The number of rotatable bonds is 4. The predicted molar refractivity (Wildman–Crippen MR) is 67.6 cm³/mol. The van der Waals surface area contributed by atoms with Crippen molar-refractivity contribution >= 4 is 11.9 Å². The van der Waals surface area contributed by atoms with Crippen LogP contribution in [0.15, 0.2) is 24.3 Å². The van der Waals surface area contributed by atoms with Crippen molar-refractivity contribution in [3.05, 3.63) is 29.8 Å². The van der Waals surface area contributed by atoms with Crippen LogP contribution >= 0.6 is 0 Å². The zero-order valence-corrected chi connectivity index (χ0v) is 10.6. The minimum atomic E-state index is -1.07. The third-order valence-corrected chi connectivity index (χ3v) is 2.99. The Balaban J connectivity index is 1.94. The summed E-state index contributed by atoms with van der Waals surface area (Å²) in [5.41, 5.74) is 1.01. The maximum atomic E-state index is 11.6. The summed E-state index contributed by atoms with van der Waals surface area (Å²) in [4.78, 5) is 24.3. The van der Waals surface area contributed by atoms with Crippen LogP contribution in [0.4, 0.5) is 4.79 Å². The number of hydrogen-bond acceptors (Lipinski definition) is 4. The van der Waals surface area contributed by atoms with Crippen molar-refractivity contribution in [2.75, 3.05) is 13.7 Å². The lowest BCUT2D eigenvalue weighted by Gasteiger charge is -2.28. The lowest BCUT2D eigenvalue weighted by atomic mass is 10.1. The fourth-order valence-corrected chi connectivity index (χ4v) is 1.92. The Morgan fingerprint density at radius 1 is 1.37 bits per heavy atom. The van der Waals surface area contributed by atoms with Crippen LogP contribution in [0.25, 0.3) is 0 Å². The second-order valence-electron chi connectivity index (χ2n) is 4.31. The number of carbonyl (C=O) groups is 2. The molecule has 1 unspecified atom stereocenters. The SMILES string of the molecule is COc1ccc(CCN2C(=O)CC(O)NC2=O)cc1. The van der Waals surface area contributed by atoms with Gasteiger partial charge in [0.2, 0.25) is 5.91 Å². The van der Waals surface area contributed by atoms with Gasteiger partial charge >= 0.3 is 6.03 Å².